The molecule has 0 saturated carbocycles. The molecule has 0 bridgehead atoms. The van der Waals surface area contributed by atoms with Crippen LogP contribution in [0.2, 0.25) is 0 Å². The SMILES string of the molecule is CN=C(NCC(Cc1ccccc1)N(C)C)N1CCC(N2CCOCC2)C1.I. The Hall–Kier alpha value is -0.900. The molecule has 2 unspecified atom stereocenters. The summed E-state index contributed by atoms with van der Waals surface area (Å²) < 4.78 is 5.49. The number of benzene rings is 1. The smallest absolute Gasteiger partial charge is 0.193 e. The lowest BCUT2D eigenvalue weighted by atomic mass is 10.1. The van der Waals surface area contributed by atoms with Crippen molar-refractivity contribution in [2.24, 2.45) is 4.99 Å². The van der Waals surface area contributed by atoms with Crippen LogP contribution >= 0.6 is 24.0 Å². The van der Waals surface area contributed by atoms with Crippen molar-refractivity contribution in [3.63, 3.8) is 0 Å². The van der Waals surface area contributed by atoms with Crippen molar-refractivity contribution in [1.29, 1.82) is 0 Å². The number of nitrogens with one attached hydrogen (secondary N) is 1. The average molecular weight is 501 g/mol. The van der Waals surface area contributed by atoms with Crippen LogP contribution in [0, 0.1) is 0 Å². The van der Waals surface area contributed by atoms with Crippen molar-refractivity contribution in [1.82, 2.24) is 20.0 Å². The fraction of sp³-hybridized carbons (Fsp3) is 0.667. The van der Waals surface area contributed by atoms with Gasteiger partial charge >= 0.3 is 0 Å². The van der Waals surface area contributed by atoms with Gasteiger partial charge in [0, 0.05) is 51.9 Å². The number of hydrogen-bond donors (Lipinski definition) is 1. The molecular formula is C21H36IN5O. The fourth-order valence-corrected chi connectivity index (χ4v) is 4.04. The molecular weight excluding hydrogens is 465 g/mol. The zero-order valence-corrected chi connectivity index (χ0v) is 19.8. The molecule has 0 spiro atoms. The van der Waals surface area contributed by atoms with Gasteiger partial charge in [-0.25, -0.2) is 0 Å². The Morgan fingerprint density at radius 2 is 1.93 bits per heavy atom. The molecule has 1 aromatic carbocycles. The first-order valence-corrected chi connectivity index (χ1v) is 10.1. The summed E-state index contributed by atoms with van der Waals surface area (Å²) >= 11 is 0. The summed E-state index contributed by atoms with van der Waals surface area (Å²) in [6.07, 6.45) is 2.25. The van der Waals surface area contributed by atoms with Crippen LogP contribution in [0.4, 0.5) is 0 Å². The third-order valence-electron chi connectivity index (χ3n) is 5.78. The largest absolute Gasteiger partial charge is 0.379 e. The van der Waals surface area contributed by atoms with E-state index < -0.39 is 0 Å². The fourth-order valence-electron chi connectivity index (χ4n) is 4.04. The number of ether oxygens (including phenoxy) is 1. The lowest BCUT2D eigenvalue weighted by molar-refractivity contribution is 0.0195. The Bertz CT molecular complexity index is 592. The Morgan fingerprint density at radius 3 is 2.57 bits per heavy atom. The van der Waals surface area contributed by atoms with E-state index in [-0.39, 0.29) is 24.0 Å². The van der Waals surface area contributed by atoms with Crippen molar-refractivity contribution < 1.29 is 4.74 Å². The van der Waals surface area contributed by atoms with E-state index in [0.29, 0.717) is 12.1 Å². The second-order valence-electron chi connectivity index (χ2n) is 7.77. The minimum Gasteiger partial charge on any atom is -0.379 e. The van der Waals surface area contributed by atoms with Gasteiger partial charge in [0.05, 0.1) is 13.2 Å². The lowest BCUT2D eigenvalue weighted by Gasteiger charge is -2.32. The summed E-state index contributed by atoms with van der Waals surface area (Å²) in [5.41, 5.74) is 1.38. The highest BCUT2D eigenvalue weighted by atomic mass is 127. The maximum Gasteiger partial charge on any atom is 0.193 e. The second kappa shape index (κ2) is 11.9. The average Bonchev–Trinajstić information content (AvgIpc) is 3.19. The predicted molar refractivity (Wildman–Crippen MR) is 127 cm³/mol. The van der Waals surface area contributed by atoms with Gasteiger partial charge in [-0.1, -0.05) is 30.3 Å². The van der Waals surface area contributed by atoms with E-state index in [0.717, 1.165) is 58.3 Å². The monoisotopic (exact) mass is 501 g/mol. The minimum absolute atomic E-state index is 0. The Morgan fingerprint density at radius 1 is 1.21 bits per heavy atom. The van der Waals surface area contributed by atoms with E-state index in [1.807, 2.05) is 7.05 Å². The molecule has 1 N–H and O–H groups in total. The van der Waals surface area contributed by atoms with Crippen LogP contribution < -0.4 is 5.32 Å². The standard InChI is InChI=1S/C21H35N5O.HI/c1-22-21(26-10-9-19(17-26)25-11-13-27-14-12-25)23-16-20(24(2)3)15-18-7-5-4-6-8-18;/h4-8,19-20H,9-17H2,1-3H3,(H,22,23);1H. The number of guanidine groups is 1. The van der Waals surface area contributed by atoms with Crippen LogP contribution in [-0.2, 0) is 11.2 Å². The molecule has 2 aliphatic heterocycles. The number of morpholine rings is 1. The Balaban J connectivity index is 0.00000280. The van der Waals surface area contributed by atoms with Crippen LogP contribution in [0.25, 0.3) is 0 Å². The van der Waals surface area contributed by atoms with Gasteiger partial charge in [-0.15, -0.1) is 24.0 Å². The highest BCUT2D eigenvalue weighted by Gasteiger charge is 2.30. The summed E-state index contributed by atoms with van der Waals surface area (Å²) in [6.45, 7) is 6.89. The van der Waals surface area contributed by atoms with Crippen molar-refractivity contribution >= 4 is 29.9 Å². The number of rotatable bonds is 6. The van der Waals surface area contributed by atoms with Gasteiger partial charge in [-0.2, -0.15) is 0 Å². The van der Waals surface area contributed by atoms with E-state index >= 15 is 0 Å². The van der Waals surface area contributed by atoms with Gasteiger partial charge in [0.2, 0.25) is 0 Å². The molecule has 28 heavy (non-hydrogen) atoms. The van der Waals surface area contributed by atoms with Gasteiger partial charge in [0.25, 0.3) is 0 Å². The predicted octanol–water partition coefficient (Wildman–Crippen LogP) is 1.76. The van der Waals surface area contributed by atoms with E-state index in [1.165, 1.54) is 12.0 Å². The summed E-state index contributed by atoms with van der Waals surface area (Å²) in [4.78, 5) is 11.8. The van der Waals surface area contributed by atoms with Crippen LogP contribution in [0.15, 0.2) is 35.3 Å². The number of likely N-dealkylation sites (N-methyl/N-ethyl adjacent to an activating group) is 1. The van der Waals surface area contributed by atoms with Crippen molar-refractivity contribution in [3.8, 4) is 0 Å². The van der Waals surface area contributed by atoms with Gasteiger partial charge in [-0.05, 0) is 32.5 Å². The molecule has 1 aromatic rings. The molecule has 2 heterocycles. The third kappa shape index (κ3) is 6.57. The normalized spacial score (nSPS) is 22.2. The zero-order chi connectivity index (χ0) is 19.1. The van der Waals surface area contributed by atoms with Crippen LogP contribution in [-0.4, -0.2) is 99.8 Å². The first kappa shape index (κ1) is 23.4. The van der Waals surface area contributed by atoms with Gasteiger partial charge < -0.3 is 19.9 Å². The Labute approximate surface area is 187 Å². The van der Waals surface area contributed by atoms with Crippen molar-refractivity contribution in [2.45, 2.75) is 24.9 Å². The molecule has 2 atom stereocenters. The van der Waals surface area contributed by atoms with Gasteiger partial charge in [0.1, 0.15) is 0 Å². The highest BCUT2D eigenvalue weighted by Crippen LogP contribution is 2.17. The molecule has 6 nitrogen and oxygen atoms in total. The topological polar surface area (TPSA) is 43.3 Å². The number of hydrogen-bond acceptors (Lipinski definition) is 4. The quantitative estimate of drug-likeness (QED) is 0.366. The number of likely N-dealkylation sites (tertiary alicyclic amines) is 1. The van der Waals surface area contributed by atoms with E-state index in [4.69, 9.17) is 4.74 Å². The summed E-state index contributed by atoms with van der Waals surface area (Å²) in [5, 5.41) is 3.63. The molecule has 0 radical (unpaired) electrons. The molecule has 0 aromatic heterocycles. The third-order valence-corrected chi connectivity index (χ3v) is 5.78. The lowest BCUT2D eigenvalue weighted by Crippen LogP contribution is -2.49. The summed E-state index contributed by atoms with van der Waals surface area (Å²) in [5.74, 6) is 1.03. The second-order valence-corrected chi connectivity index (χ2v) is 7.77. The minimum atomic E-state index is 0. The maximum absolute atomic E-state index is 5.49. The maximum atomic E-state index is 5.49. The molecule has 0 aliphatic carbocycles. The molecule has 2 aliphatic rings. The van der Waals surface area contributed by atoms with E-state index in [1.54, 1.807) is 0 Å². The van der Waals surface area contributed by atoms with Crippen LogP contribution in [0.5, 0.6) is 0 Å². The molecule has 7 heteroatoms. The van der Waals surface area contributed by atoms with E-state index in [9.17, 15) is 0 Å². The van der Waals surface area contributed by atoms with Crippen molar-refractivity contribution in [2.75, 3.05) is 67.1 Å². The Kier molecular flexibility index (Phi) is 9.98. The first-order valence-electron chi connectivity index (χ1n) is 10.1. The highest BCUT2D eigenvalue weighted by molar-refractivity contribution is 14.0. The molecule has 158 valence electrons. The van der Waals surface area contributed by atoms with Crippen LogP contribution in [0.1, 0.15) is 12.0 Å². The van der Waals surface area contributed by atoms with Crippen LogP contribution in [0.3, 0.4) is 0 Å². The molecule has 2 fully saturated rings. The zero-order valence-electron chi connectivity index (χ0n) is 17.5. The molecule has 2 saturated heterocycles. The van der Waals surface area contributed by atoms with Crippen molar-refractivity contribution in [3.05, 3.63) is 35.9 Å². The number of aliphatic imine (C=N–C) groups is 1. The van der Waals surface area contributed by atoms with Gasteiger partial charge in [0.15, 0.2) is 5.96 Å². The first-order chi connectivity index (χ1) is 13.2. The number of halogens is 1. The molecule has 0 amide bonds. The summed E-state index contributed by atoms with van der Waals surface area (Å²) in [7, 11) is 6.21. The van der Waals surface area contributed by atoms with E-state index in [2.05, 4.69) is 69.4 Å². The molecule has 3 rings (SSSR count). The number of nitrogens with zero attached hydrogens (tertiary/aromatic N) is 4. The van der Waals surface area contributed by atoms with Gasteiger partial charge in [-0.3, -0.25) is 9.89 Å². The summed E-state index contributed by atoms with van der Waals surface area (Å²) in [6, 6.07) is 11.8.